The summed E-state index contributed by atoms with van der Waals surface area (Å²) in [6.45, 7) is 4.15. The topological polar surface area (TPSA) is 57.6 Å². The first kappa shape index (κ1) is 10.9. The molecule has 0 amide bonds. The minimum Gasteiger partial charge on any atom is -0.395 e. The lowest BCUT2D eigenvalue weighted by Crippen LogP contribution is -2.44. The van der Waals surface area contributed by atoms with E-state index < -0.39 is 10.0 Å². The van der Waals surface area contributed by atoms with Crippen molar-refractivity contribution >= 4 is 10.0 Å². The smallest absolute Gasteiger partial charge is 0.216 e. The summed E-state index contributed by atoms with van der Waals surface area (Å²) in [7, 11) is -3.23. The second-order valence-electron chi connectivity index (χ2n) is 4.03. The van der Waals surface area contributed by atoms with E-state index in [1.165, 1.54) is 4.31 Å². The first-order valence-electron chi connectivity index (χ1n) is 4.51. The zero-order chi connectivity index (χ0) is 10.1. The van der Waals surface area contributed by atoms with Crippen LogP contribution in [0.25, 0.3) is 0 Å². The monoisotopic (exact) mass is 207 g/mol. The van der Waals surface area contributed by atoms with Gasteiger partial charge in [-0.15, -0.1) is 0 Å². The van der Waals surface area contributed by atoms with Crippen molar-refractivity contribution in [3.8, 4) is 0 Å². The van der Waals surface area contributed by atoms with E-state index in [9.17, 15) is 8.42 Å². The summed E-state index contributed by atoms with van der Waals surface area (Å²) < 4.78 is 24.7. The van der Waals surface area contributed by atoms with Gasteiger partial charge in [0.05, 0.1) is 12.4 Å². The van der Waals surface area contributed by atoms with Gasteiger partial charge in [-0.1, -0.05) is 0 Å². The van der Waals surface area contributed by atoms with Gasteiger partial charge >= 0.3 is 0 Å². The number of aliphatic hydroxyl groups is 1. The quantitative estimate of drug-likeness (QED) is 0.718. The van der Waals surface area contributed by atoms with Crippen LogP contribution < -0.4 is 0 Å². The van der Waals surface area contributed by atoms with Crippen LogP contribution in [0.4, 0.5) is 0 Å². The summed E-state index contributed by atoms with van der Waals surface area (Å²) in [5, 5.41) is 8.63. The first-order valence-corrected chi connectivity index (χ1v) is 6.12. The van der Waals surface area contributed by atoms with E-state index in [1.54, 1.807) is 0 Å². The van der Waals surface area contributed by atoms with Gasteiger partial charge in [0, 0.05) is 12.1 Å². The van der Waals surface area contributed by atoms with E-state index in [-0.39, 0.29) is 17.9 Å². The molecule has 5 heteroatoms. The van der Waals surface area contributed by atoms with Gasteiger partial charge in [-0.3, -0.25) is 0 Å². The van der Waals surface area contributed by atoms with Crippen molar-refractivity contribution < 1.29 is 13.5 Å². The molecular formula is C8H17NO3S. The van der Waals surface area contributed by atoms with Crippen molar-refractivity contribution in [1.29, 1.82) is 0 Å². The lowest BCUT2D eigenvalue weighted by Gasteiger charge is -2.30. The predicted molar refractivity (Wildman–Crippen MR) is 50.9 cm³/mol. The predicted octanol–water partition coefficient (Wildman–Crippen LogP) is 0.183. The Bertz CT molecular complexity index is 271. The molecule has 0 saturated carbocycles. The minimum atomic E-state index is -3.23. The molecule has 1 heterocycles. The van der Waals surface area contributed by atoms with Gasteiger partial charge in [0.25, 0.3) is 0 Å². The summed E-state index contributed by atoms with van der Waals surface area (Å²) in [6, 6.07) is 0. The number of hydrogen-bond acceptors (Lipinski definition) is 3. The summed E-state index contributed by atoms with van der Waals surface area (Å²) in [5.41, 5.74) is -0.270. The Labute approximate surface area is 79.6 Å². The molecule has 1 aliphatic rings. The molecule has 0 aliphatic carbocycles. The molecule has 1 aliphatic heterocycles. The lowest BCUT2D eigenvalue weighted by atomic mass is 10.0. The van der Waals surface area contributed by atoms with E-state index in [1.807, 2.05) is 13.8 Å². The third-order valence-corrected chi connectivity index (χ3v) is 4.56. The SMILES string of the molecule is CC1(C)CCCN1S(=O)(=O)CCO. The molecule has 1 N–H and O–H groups in total. The van der Waals surface area contributed by atoms with Gasteiger partial charge in [0.1, 0.15) is 0 Å². The Kier molecular flexibility index (Phi) is 2.99. The average molecular weight is 207 g/mol. The fourth-order valence-electron chi connectivity index (χ4n) is 1.82. The summed E-state index contributed by atoms with van der Waals surface area (Å²) >= 11 is 0. The fraction of sp³-hybridized carbons (Fsp3) is 1.00. The van der Waals surface area contributed by atoms with Gasteiger partial charge in [-0.25, -0.2) is 8.42 Å². The molecule has 1 rings (SSSR count). The number of hydrogen-bond donors (Lipinski definition) is 1. The second kappa shape index (κ2) is 3.55. The minimum absolute atomic E-state index is 0.156. The van der Waals surface area contributed by atoms with Crippen molar-refractivity contribution in [3.63, 3.8) is 0 Å². The van der Waals surface area contributed by atoms with Crippen LogP contribution >= 0.6 is 0 Å². The third-order valence-electron chi connectivity index (χ3n) is 2.51. The molecule has 1 saturated heterocycles. The fourth-order valence-corrected chi connectivity index (χ4v) is 3.53. The zero-order valence-corrected chi connectivity index (χ0v) is 8.97. The van der Waals surface area contributed by atoms with Gasteiger partial charge < -0.3 is 5.11 Å². The molecular weight excluding hydrogens is 190 g/mol. The highest BCUT2D eigenvalue weighted by molar-refractivity contribution is 7.89. The third kappa shape index (κ3) is 2.21. The van der Waals surface area contributed by atoms with Crippen LogP contribution in [0.15, 0.2) is 0 Å². The molecule has 13 heavy (non-hydrogen) atoms. The van der Waals surface area contributed by atoms with E-state index >= 15 is 0 Å². The number of aliphatic hydroxyl groups excluding tert-OH is 1. The Hall–Kier alpha value is -0.130. The number of sulfonamides is 1. The van der Waals surface area contributed by atoms with Crippen LogP contribution in [0.2, 0.25) is 0 Å². The highest BCUT2D eigenvalue weighted by Crippen LogP contribution is 2.30. The van der Waals surface area contributed by atoms with Crippen molar-refractivity contribution in [2.45, 2.75) is 32.2 Å². The molecule has 0 radical (unpaired) electrons. The maximum absolute atomic E-state index is 11.6. The molecule has 0 bridgehead atoms. The van der Waals surface area contributed by atoms with Crippen LogP contribution in [-0.4, -0.2) is 42.3 Å². The van der Waals surface area contributed by atoms with Crippen LogP contribution in [0.1, 0.15) is 26.7 Å². The van der Waals surface area contributed by atoms with E-state index in [0.29, 0.717) is 6.54 Å². The van der Waals surface area contributed by atoms with E-state index in [0.717, 1.165) is 12.8 Å². The Morgan fingerprint density at radius 1 is 1.46 bits per heavy atom. The maximum atomic E-state index is 11.6. The molecule has 0 atom stereocenters. The van der Waals surface area contributed by atoms with Gasteiger partial charge in [-0.05, 0) is 26.7 Å². The van der Waals surface area contributed by atoms with Crippen molar-refractivity contribution in [3.05, 3.63) is 0 Å². The van der Waals surface area contributed by atoms with Crippen LogP contribution in [0.3, 0.4) is 0 Å². The van der Waals surface area contributed by atoms with E-state index in [2.05, 4.69) is 0 Å². The second-order valence-corrected chi connectivity index (χ2v) is 6.04. The van der Waals surface area contributed by atoms with Crippen molar-refractivity contribution in [2.75, 3.05) is 18.9 Å². The average Bonchev–Trinajstić information content (AvgIpc) is 2.29. The van der Waals surface area contributed by atoms with E-state index in [4.69, 9.17) is 5.11 Å². The number of nitrogens with zero attached hydrogens (tertiary/aromatic N) is 1. The molecule has 78 valence electrons. The standard InChI is InChI=1S/C8H17NO3S/c1-8(2)4-3-5-9(8)13(11,12)7-6-10/h10H,3-7H2,1-2H3. The normalized spacial score (nSPS) is 23.6. The molecule has 0 aromatic heterocycles. The maximum Gasteiger partial charge on any atom is 0.216 e. The molecule has 0 aromatic rings. The molecule has 0 aromatic carbocycles. The highest BCUT2D eigenvalue weighted by Gasteiger charge is 2.39. The van der Waals surface area contributed by atoms with Gasteiger partial charge in [-0.2, -0.15) is 4.31 Å². The highest BCUT2D eigenvalue weighted by atomic mass is 32.2. The Morgan fingerprint density at radius 3 is 2.46 bits per heavy atom. The Morgan fingerprint density at radius 2 is 2.08 bits per heavy atom. The van der Waals surface area contributed by atoms with Gasteiger partial charge in [0.15, 0.2) is 0 Å². The molecule has 4 nitrogen and oxygen atoms in total. The first-order chi connectivity index (χ1) is 5.90. The molecule has 0 unspecified atom stereocenters. The summed E-state index contributed by atoms with van der Waals surface area (Å²) in [4.78, 5) is 0. The molecule has 0 spiro atoms. The van der Waals surface area contributed by atoms with Crippen LogP contribution in [0, 0.1) is 0 Å². The lowest BCUT2D eigenvalue weighted by molar-refractivity contribution is 0.280. The Balaban J connectivity index is 2.83. The largest absolute Gasteiger partial charge is 0.395 e. The summed E-state index contributed by atoms with van der Waals surface area (Å²) in [5.74, 6) is -0.156. The van der Waals surface area contributed by atoms with Crippen molar-refractivity contribution in [1.82, 2.24) is 4.31 Å². The molecule has 1 fully saturated rings. The number of rotatable bonds is 3. The van der Waals surface area contributed by atoms with Crippen molar-refractivity contribution in [2.24, 2.45) is 0 Å². The van der Waals surface area contributed by atoms with Gasteiger partial charge in [0.2, 0.25) is 10.0 Å². The zero-order valence-electron chi connectivity index (χ0n) is 8.15. The van der Waals surface area contributed by atoms with Crippen LogP contribution in [0.5, 0.6) is 0 Å². The van der Waals surface area contributed by atoms with Crippen LogP contribution in [-0.2, 0) is 10.0 Å². The summed E-state index contributed by atoms with van der Waals surface area (Å²) in [6.07, 6.45) is 1.81.